The Kier molecular flexibility index (Phi) is 5.13. The minimum atomic E-state index is -3.55. The number of halogens is 1. The molecule has 0 aliphatic heterocycles. The van der Waals surface area contributed by atoms with Crippen molar-refractivity contribution in [1.29, 1.82) is 0 Å². The summed E-state index contributed by atoms with van der Waals surface area (Å²) in [6.45, 7) is 0.826. The lowest BCUT2D eigenvalue weighted by molar-refractivity contribution is 0.296. The minimum absolute atomic E-state index is 0.0870. The molecule has 0 saturated heterocycles. The molecule has 0 aliphatic rings. The van der Waals surface area contributed by atoms with E-state index in [9.17, 15) is 13.5 Å². The third kappa shape index (κ3) is 3.22. The molecular weight excluding hydrogens is 278 g/mol. The number of nitrogens with zero attached hydrogens (tertiary/aromatic N) is 1. The lowest BCUT2D eigenvalue weighted by atomic mass is 10.1. The minimum Gasteiger partial charge on any atom is -0.411 e. The summed E-state index contributed by atoms with van der Waals surface area (Å²) in [5, 5.41) is 20.4. The Bertz CT molecular complexity index is 524. The van der Waals surface area contributed by atoms with Gasteiger partial charge in [-0.1, -0.05) is 35.8 Å². The summed E-state index contributed by atoms with van der Waals surface area (Å²) in [5.74, 6) is -0.148. The molecule has 18 heavy (non-hydrogen) atoms. The lowest BCUT2D eigenvalue weighted by Crippen LogP contribution is -2.35. The Morgan fingerprint density at radius 3 is 2.33 bits per heavy atom. The number of sulfone groups is 1. The molecule has 0 bridgehead atoms. The first-order chi connectivity index (χ1) is 8.46. The highest BCUT2D eigenvalue weighted by Gasteiger charge is 2.30. The fourth-order valence-electron chi connectivity index (χ4n) is 1.50. The molecule has 5 nitrogen and oxygen atoms in total. The molecule has 1 aromatic rings. The van der Waals surface area contributed by atoms with E-state index in [1.54, 1.807) is 12.1 Å². The van der Waals surface area contributed by atoms with E-state index in [1.807, 2.05) is 0 Å². The zero-order chi connectivity index (χ0) is 13.8. The zero-order valence-electron chi connectivity index (χ0n) is 9.75. The van der Waals surface area contributed by atoms with Gasteiger partial charge in [0.1, 0.15) is 11.0 Å². The van der Waals surface area contributed by atoms with Crippen LogP contribution in [0.15, 0.2) is 29.4 Å². The summed E-state index contributed by atoms with van der Waals surface area (Å²) in [7, 11) is -3.55. The van der Waals surface area contributed by atoms with Gasteiger partial charge in [-0.25, -0.2) is 8.42 Å². The first kappa shape index (κ1) is 14.9. The van der Waals surface area contributed by atoms with Crippen LogP contribution in [0.25, 0.3) is 0 Å². The van der Waals surface area contributed by atoms with E-state index in [-0.39, 0.29) is 11.5 Å². The van der Waals surface area contributed by atoms with E-state index in [0.29, 0.717) is 10.6 Å². The van der Waals surface area contributed by atoms with Gasteiger partial charge in [-0.2, -0.15) is 0 Å². The molecule has 0 fully saturated rings. The zero-order valence-corrected chi connectivity index (χ0v) is 11.3. The molecule has 0 amide bonds. The van der Waals surface area contributed by atoms with Crippen molar-refractivity contribution in [3.8, 4) is 0 Å². The molecule has 1 atom stereocenters. The molecule has 0 heterocycles. The van der Waals surface area contributed by atoms with Gasteiger partial charge in [0.05, 0.1) is 6.61 Å². The summed E-state index contributed by atoms with van der Waals surface area (Å²) >= 11 is 5.72. The Hall–Kier alpha value is -1.11. The fourth-order valence-corrected chi connectivity index (χ4v) is 2.78. The third-order valence-electron chi connectivity index (χ3n) is 2.55. The van der Waals surface area contributed by atoms with Crippen LogP contribution in [0.5, 0.6) is 0 Å². The van der Waals surface area contributed by atoms with E-state index in [4.69, 9.17) is 16.8 Å². The van der Waals surface area contributed by atoms with Gasteiger partial charge in [0, 0.05) is 16.3 Å². The smallest absolute Gasteiger partial charge is 0.161 e. The largest absolute Gasteiger partial charge is 0.411 e. The van der Waals surface area contributed by atoms with Gasteiger partial charge in [0.2, 0.25) is 0 Å². The Labute approximate surface area is 111 Å². The maximum atomic E-state index is 11.8. The van der Waals surface area contributed by atoms with E-state index in [2.05, 4.69) is 5.16 Å². The van der Waals surface area contributed by atoms with Crippen LogP contribution < -0.4 is 0 Å². The van der Waals surface area contributed by atoms with Gasteiger partial charge >= 0.3 is 0 Å². The predicted octanol–water partition coefficient (Wildman–Crippen LogP) is 1.31. The van der Waals surface area contributed by atoms with Gasteiger partial charge in [0.25, 0.3) is 0 Å². The van der Waals surface area contributed by atoms with E-state index in [1.165, 1.54) is 19.1 Å². The highest BCUT2D eigenvalue weighted by Crippen LogP contribution is 2.15. The second-order valence-electron chi connectivity index (χ2n) is 3.61. The molecule has 0 aliphatic carbocycles. The average molecular weight is 292 g/mol. The summed E-state index contributed by atoms with van der Waals surface area (Å²) < 4.78 is 23.6. The molecule has 1 rings (SSSR count). The van der Waals surface area contributed by atoms with Crippen LogP contribution in [-0.2, 0) is 9.84 Å². The molecule has 7 heteroatoms. The summed E-state index contributed by atoms with van der Waals surface area (Å²) in [6.07, 6.45) is 0. The van der Waals surface area contributed by atoms with Gasteiger partial charge in [-0.15, -0.1) is 0 Å². The van der Waals surface area contributed by atoms with Gasteiger partial charge in [-0.3, -0.25) is 0 Å². The SMILES string of the molecule is CCS(=O)(=O)[C@@H](CO)/C(=N\O)c1ccc(Cl)cc1. The number of aliphatic hydroxyl groups is 1. The van der Waals surface area contributed by atoms with Crippen molar-refractivity contribution in [3.63, 3.8) is 0 Å². The highest BCUT2D eigenvalue weighted by atomic mass is 35.5. The van der Waals surface area contributed by atoms with Crippen LogP contribution >= 0.6 is 11.6 Å². The van der Waals surface area contributed by atoms with Crippen LogP contribution in [-0.4, -0.2) is 42.1 Å². The van der Waals surface area contributed by atoms with Crippen LogP contribution in [0.4, 0.5) is 0 Å². The van der Waals surface area contributed by atoms with Crippen LogP contribution in [0.3, 0.4) is 0 Å². The number of rotatable bonds is 5. The Morgan fingerprint density at radius 2 is 1.94 bits per heavy atom. The van der Waals surface area contributed by atoms with Crippen molar-refractivity contribution in [2.75, 3.05) is 12.4 Å². The Balaban J connectivity index is 3.21. The van der Waals surface area contributed by atoms with Crippen molar-refractivity contribution < 1.29 is 18.7 Å². The number of benzene rings is 1. The Morgan fingerprint density at radius 1 is 1.39 bits per heavy atom. The maximum Gasteiger partial charge on any atom is 0.161 e. The van der Waals surface area contributed by atoms with Gasteiger partial charge < -0.3 is 10.3 Å². The first-order valence-corrected chi connectivity index (χ1v) is 7.36. The van der Waals surface area contributed by atoms with Gasteiger partial charge in [-0.05, 0) is 12.1 Å². The van der Waals surface area contributed by atoms with Crippen LogP contribution in [0, 0.1) is 0 Å². The van der Waals surface area contributed by atoms with Crippen molar-refractivity contribution in [2.24, 2.45) is 5.16 Å². The summed E-state index contributed by atoms with van der Waals surface area (Å²) in [4.78, 5) is 0. The molecule has 100 valence electrons. The normalized spacial score (nSPS) is 14.5. The van der Waals surface area contributed by atoms with Gasteiger partial charge in [0.15, 0.2) is 9.84 Å². The molecule has 2 N–H and O–H groups in total. The van der Waals surface area contributed by atoms with Crippen molar-refractivity contribution in [1.82, 2.24) is 0 Å². The fraction of sp³-hybridized carbons (Fsp3) is 0.364. The molecule has 1 aromatic carbocycles. The highest BCUT2D eigenvalue weighted by molar-refractivity contribution is 7.92. The average Bonchev–Trinajstić information content (AvgIpc) is 2.36. The first-order valence-electron chi connectivity index (χ1n) is 5.26. The van der Waals surface area contributed by atoms with E-state index >= 15 is 0 Å². The monoisotopic (exact) mass is 291 g/mol. The topological polar surface area (TPSA) is 87.0 Å². The maximum absolute atomic E-state index is 11.8. The van der Waals surface area contributed by atoms with Crippen molar-refractivity contribution in [3.05, 3.63) is 34.9 Å². The molecule has 0 saturated carbocycles. The molecule has 0 radical (unpaired) electrons. The summed E-state index contributed by atoms with van der Waals surface area (Å²) in [5.41, 5.74) is 0.314. The molecule has 0 aromatic heterocycles. The molecule has 0 spiro atoms. The number of oxime groups is 1. The number of aliphatic hydroxyl groups excluding tert-OH is 1. The summed E-state index contributed by atoms with van der Waals surface area (Å²) in [6, 6.07) is 6.17. The van der Waals surface area contributed by atoms with E-state index < -0.39 is 21.7 Å². The third-order valence-corrected chi connectivity index (χ3v) is 4.85. The van der Waals surface area contributed by atoms with Crippen molar-refractivity contribution in [2.45, 2.75) is 12.2 Å². The van der Waals surface area contributed by atoms with E-state index in [0.717, 1.165) is 0 Å². The molecule has 0 unspecified atom stereocenters. The number of hydrogen-bond acceptors (Lipinski definition) is 5. The van der Waals surface area contributed by atoms with Crippen molar-refractivity contribution >= 4 is 27.1 Å². The second-order valence-corrected chi connectivity index (χ2v) is 6.52. The quantitative estimate of drug-likeness (QED) is 0.486. The van der Waals surface area contributed by atoms with Crippen LogP contribution in [0.2, 0.25) is 5.02 Å². The van der Waals surface area contributed by atoms with Crippen LogP contribution in [0.1, 0.15) is 12.5 Å². The molecular formula is C11H14ClNO4S. The number of hydrogen-bond donors (Lipinski definition) is 2. The standard InChI is InChI=1S/C11H14ClNO4S/c1-2-18(16,17)10(7-14)11(13-15)8-3-5-9(12)6-4-8/h3-6,10,14-15H,2,7H2,1H3/b13-11-/t10-/m0/s1. The lowest BCUT2D eigenvalue weighted by Gasteiger charge is -2.15. The predicted molar refractivity (Wildman–Crippen MR) is 70.1 cm³/mol. The second kappa shape index (κ2) is 6.17.